The summed E-state index contributed by atoms with van der Waals surface area (Å²) in [7, 11) is 0. The molecule has 1 aromatic carbocycles. The molecule has 4 nitrogen and oxygen atoms in total. The van der Waals surface area contributed by atoms with E-state index in [2.05, 4.69) is 10.6 Å². The second-order valence-electron chi connectivity index (χ2n) is 3.64. The van der Waals surface area contributed by atoms with Crippen LogP contribution in [0.2, 0.25) is 0 Å². The summed E-state index contributed by atoms with van der Waals surface area (Å²) in [5.41, 5.74) is 2.69. The Morgan fingerprint density at radius 3 is 2.94 bits per heavy atom. The van der Waals surface area contributed by atoms with Crippen LogP contribution in [0.4, 0.5) is 11.4 Å². The zero-order valence-electron chi connectivity index (χ0n) is 8.49. The van der Waals surface area contributed by atoms with Gasteiger partial charge in [0.05, 0.1) is 24.2 Å². The Morgan fingerprint density at radius 1 is 1.19 bits per heavy atom. The molecule has 16 heavy (non-hydrogen) atoms. The zero-order valence-corrected chi connectivity index (χ0v) is 8.49. The van der Waals surface area contributed by atoms with E-state index in [-0.39, 0.29) is 5.91 Å². The lowest BCUT2D eigenvalue weighted by Crippen LogP contribution is -2.27. The van der Waals surface area contributed by atoms with Crippen molar-refractivity contribution in [1.29, 1.82) is 0 Å². The van der Waals surface area contributed by atoms with E-state index in [0.717, 1.165) is 22.7 Å². The highest BCUT2D eigenvalue weighted by molar-refractivity contribution is 6.01. The van der Waals surface area contributed by atoms with Crippen LogP contribution in [0, 0.1) is 0 Å². The van der Waals surface area contributed by atoms with Gasteiger partial charge >= 0.3 is 0 Å². The maximum atomic E-state index is 11.2. The minimum absolute atomic E-state index is 0.0240. The highest BCUT2D eigenvalue weighted by atomic mass is 16.3. The molecule has 2 N–H and O–H groups in total. The second kappa shape index (κ2) is 3.41. The van der Waals surface area contributed by atoms with Gasteiger partial charge in [-0.25, -0.2) is 0 Å². The predicted octanol–water partition coefficient (Wildman–Crippen LogP) is 2.31. The van der Waals surface area contributed by atoms with Crippen molar-refractivity contribution in [2.45, 2.75) is 0 Å². The van der Waals surface area contributed by atoms with Crippen LogP contribution in [0.15, 0.2) is 41.0 Å². The number of rotatable bonds is 1. The lowest BCUT2D eigenvalue weighted by Gasteiger charge is -2.18. The van der Waals surface area contributed by atoms with E-state index in [0.29, 0.717) is 6.54 Å². The van der Waals surface area contributed by atoms with Crippen molar-refractivity contribution < 1.29 is 9.21 Å². The average Bonchev–Trinajstić information content (AvgIpc) is 2.81. The summed E-state index contributed by atoms with van der Waals surface area (Å²) in [5.74, 6) is 0.770. The third-order valence-electron chi connectivity index (χ3n) is 2.54. The largest absolute Gasteiger partial charge is 0.464 e. The van der Waals surface area contributed by atoms with Crippen LogP contribution in [-0.4, -0.2) is 12.5 Å². The fraction of sp³-hybridized carbons (Fsp3) is 0.0833. The summed E-state index contributed by atoms with van der Waals surface area (Å²) >= 11 is 0. The molecule has 0 unspecified atom stereocenters. The summed E-state index contributed by atoms with van der Waals surface area (Å²) in [5, 5.41) is 5.86. The van der Waals surface area contributed by atoms with Crippen molar-refractivity contribution in [2.75, 3.05) is 17.2 Å². The molecule has 3 rings (SSSR count). The van der Waals surface area contributed by atoms with Gasteiger partial charge in [0.1, 0.15) is 5.76 Å². The number of anilines is 2. The molecule has 1 aliphatic rings. The first-order chi connectivity index (χ1) is 7.83. The van der Waals surface area contributed by atoms with Gasteiger partial charge in [-0.1, -0.05) is 0 Å². The minimum Gasteiger partial charge on any atom is -0.464 e. The molecule has 80 valence electrons. The van der Waals surface area contributed by atoms with E-state index in [9.17, 15) is 4.79 Å². The van der Waals surface area contributed by atoms with Crippen molar-refractivity contribution in [3.8, 4) is 11.3 Å². The van der Waals surface area contributed by atoms with E-state index < -0.39 is 0 Å². The Balaban J connectivity index is 2.04. The van der Waals surface area contributed by atoms with Crippen molar-refractivity contribution in [3.05, 3.63) is 36.6 Å². The Hall–Kier alpha value is -2.23. The Morgan fingerprint density at radius 2 is 2.12 bits per heavy atom. The average molecular weight is 214 g/mol. The SMILES string of the molecule is O=C1CNc2ccc(-c3ccco3)cc2N1. The fourth-order valence-electron chi connectivity index (χ4n) is 1.77. The van der Waals surface area contributed by atoms with Crippen LogP contribution in [0.25, 0.3) is 11.3 Å². The van der Waals surface area contributed by atoms with E-state index in [1.54, 1.807) is 6.26 Å². The Labute approximate surface area is 92.3 Å². The quantitative estimate of drug-likeness (QED) is 0.765. The Bertz CT molecular complexity index is 532. The summed E-state index contributed by atoms with van der Waals surface area (Å²) < 4.78 is 5.30. The third-order valence-corrected chi connectivity index (χ3v) is 2.54. The molecule has 2 heterocycles. The van der Waals surface area contributed by atoms with Gasteiger partial charge in [0.2, 0.25) is 5.91 Å². The normalized spacial score (nSPS) is 13.9. The highest BCUT2D eigenvalue weighted by Gasteiger charge is 2.14. The highest BCUT2D eigenvalue weighted by Crippen LogP contribution is 2.30. The molecule has 1 amide bonds. The molecule has 2 aromatic rings. The van der Waals surface area contributed by atoms with Gasteiger partial charge in [-0.3, -0.25) is 4.79 Å². The van der Waals surface area contributed by atoms with Gasteiger partial charge in [0.25, 0.3) is 0 Å². The van der Waals surface area contributed by atoms with Crippen LogP contribution < -0.4 is 10.6 Å². The van der Waals surface area contributed by atoms with Crippen molar-refractivity contribution in [1.82, 2.24) is 0 Å². The molecule has 1 aromatic heterocycles. The molecule has 0 saturated heterocycles. The molecule has 0 saturated carbocycles. The first kappa shape index (κ1) is 9.03. The first-order valence-electron chi connectivity index (χ1n) is 5.04. The molecule has 0 aliphatic carbocycles. The number of hydrogen-bond donors (Lipinski definition) is 2. The lowest BCUT2D eigenvalue weighted by molar-refractivity contribution is -0.114. The number of nitrogens with one attached hydrogen (secondary N) is 2. The molecular formula is C12H10N2O2. The number of carbonyl (C=O) groups excluding carboxylic acids is 1. The molecule has 0 fully saturated rings. The fourth-order valence-corrected chi connectivity index (χ4v) is 1.77. The van der Waals surface area contributed by atoms with Crippen LogP contribution >= 0.6 is 0 Å². The molecule has 0 bridgehead atoms. The van der Waals surface area contributed by atoms with Gasteiger partial charge < -0.3 is 15.1 Å². The van der Waals surface area contributed by atoms with Crippen LogP contribution in [0.1, 0.15) is 0 Å². The summed E-state index contributed by atoms with van der Waals surface area (Å²) in [4.78, 5) is 11.2. The summed E-state index contributed by atoms with van der Waals surface area (Å²) in [6, 6.07) is 9.53. The molecule has 0 radical (unpaired) electrons. The zero-order chi connectivity index (χ0) is 11.0. The van der Waals surface area contributed by atoms with E-state index in [1.807, 2.05) is 30.3 Å². The first-order valence-corrected chi connectivity index (χ1v) is 5.04. The number of carbonyl (C=O) groups is 1. The third kappa shape index (κ3) is 1.44. The molecular weight excluding hydrogens is 204 g/mol. The monoisotopic (exact) mass is 214 g/mol. The minimum atomic E-state index is -0.0240. The van der Waals surface area contributed by atoms with E-state index in [1.165, 1.54) is 0 Å². The number of hydrogen-bond acceptors (Lipinski definition) is 3. The standard InChI is InChI=1S/C12H10N2O2/c15-12-7-13-9-4-3-8(6-10(9)14-12)11-2-1-5-16-11/h1-6,13H,7H2,(H,14,15). The topological polar surface area (TPSA) is 54.3 Å². The predicted molar refractivity (Wildman–Crippen MR) is 61.3 cm³/mol. The maximum Gasteiger partial charge on any atom is 0.243 e. The van der Waals surface area contributed by atoms with Crippen LogP contribution in [-0.2, 0) is 4.79 Å². The number of furan rings is 1. The van der Waals surface area contributed by atoms with Gasteiger partial charge in [-0.05, 0) is 30.3 Å². The number of fused-ring (bicyclic) bond motifs is 1. The van der Waals surface area contributed by atoms with Crippen molar-refractivity contribution in [2.24, 2.45) is 0 Å². The molecule has 0 spiro atoms. The second-order valence-corrected chi connectivity index (χ2v) is 3.64. The Kier molecular flexibility index (Phi) is 1.93. The van der Waals surface area contributed by atoms with Gasteiger partial charge in [-0.2, -0.15) is 0 Å². The maximum absolute atomic E-state index is 11.2. The van der Waals surface area contributed by atoms with Gasteiger partial charge in [0, 0.05) is 5.56 Å². The van der Waals surface area contributed by atoms with Crippen LogP contribution in [0.3, 0.4) is 0 Å². The number of benzene rings is 1. The van der Waals surface area contributed by atoms with Gasteiger partial charge in [-0.15, -0.1) is 0 Å². The summed E-state index contributed by atoms with van der Waals surface area (Å²) in [6.45, 7) is 0.326. The lowest BCUT2D eigenvalue weighted by atomic mass is 10.1. The molecule has 1 aliphatic heterocycles. The van der Waals surface area contributed by atoms with Crippen LogP contribution in [0.5, 0.6) is 0 Å². The molecule has 4 heteroatoms. The smallest absolute Gasteiger partial charge is 0.243 e. The van der Waals surface area contributed by atoms with E-state index in [4.69, 9.17) is 4.42 Å². The van der Waals surface area contributed by atoms with E-state index >= 15 is 0 Å². The number of amides is 1. The molecule has 0 atom stereocenters. The summed E-state index contributed by atoms with van der Waals surface area (Å²) in [6.07, 6.45) is 1.63. The van der Waals surface area contributed by atoms with Gasteiger partial charge in [0.15, 0.2) is 0 Å². The van der Waals surface area contributed by atoms with Crippen molar-refractivity contribution >= 4 is 17.3 Å². The van der Waals surface area contributed by atoms with Crippen molar-refractivity contribution in [3.63, 3.8) is 0 Å².